The molecule has 3 rings (SSSR count). The molecule has 1 aromatic carbocycles. The number of hydrogen-bond donors (Lipinski definition) is 0. The van der Waals surface area contributed by atoms with E-state index < -0.39 is 0 Å². The summed E-state index contributed by atoms with van der Waals surface area (Å²) in [5.74, 6) is 1.91. The lowest BCUT2D eigenvalue weighted by molar-refractivity contribution is 0.355. The van der Waals surface area contributed by atoms with Crippen LogP contribution in [0.3, 0.4) is 0 Å². The van der Waals surface area contributed by atoms with Crippen molar-refractivity contribution in [3.63, 3.8) is 0 Å². The summed E-state index contributed by atoms with van der Waals surface area (Å²) in [5.41, 5.74) is 2.04. The van der Waals surface area contributed by atoms with E-state index in [-0.39, 0.29) is 0 Å². The van der Waals surface area contributed by atoms with E-state index in [4.69, 9.17) is 21.1 Å². The molecular weight excluding hydrogens is 326 g/mol. The molecule has 2 heterocycles. The Morgan fingerprint density at radius 2 is 1.83 bits per heavy atom. The van der Waals surface area contributed by atoms with Crippen LogP contribution < -0.4 is 9.47 Å². The van der Waals surface area contributed by atoms with Crippen molar-refractivity contribution in [1.29, 1.82) is 0 Å². The molecule has 6 heteroatoms. The highest BCUT2D eigenvalue weighted by Crippen LogP contribution is 2.41. The van der Waals surface area contributed by atoms with Crippen molar-refractivity contribution in [2.24, 2.45) is 0 Å². The normalized spacial score (nSPS) is 10.6. The van der Waals surface area contributed by atoms with Crippen LogP contribution >= 0.6 is 11.6 Å². The highest BCUT2D eigenvalue weighted by atomic mass is 35.5. The van der Waals surface area contributed by atoms with Crippen molar-refractivity contribution in [3.05, 3.63) is 59.6 Å². The second kappa shape index (κ2) is 7.36. The first-order chi connectivity index (χ1) is 11.7. The fourth-order valence-corrected chi connectivity index (χ4v) is 2.91. The summed E-state index contributed by atoms with van der Waals surface area (Å²) >= 11 is 6.51. The molecule has 5 nitrogen and oxygen atoms in total. The van der Waals surface area contributed by atoms with Crippen molar-refractivity contribution in [3.8, 4) is 22.9 Å². The number of rotatable bonds is 6. The Morgan fingerprint density at radius 1 is 1.04 bits per heavy atom. The number of pyridine rings is 1. The molecule has 0 saturated heterocycles. The van der Waals surface area contributed by atoms with Gasteiger partial charge in [0.25, 0.3) is 0 Å². The zero-order chi connectivity index (χ0) is 16.9. The summed E-state index contributed by atoms with van der Waals surface area (Å²) in [5, 5.41) is 0.494. The molecule has 124 valence electrons. The van der Waals surface area contributed by atoms with E-state index in [1.807, 2.05) is 30.5 Å². The van der Waals surface area contributed by atoms with Crippen LogP contribution in [0.4, 0.5) is 0 Å². The van der Waals surface area contributed by atoms with Crippen molar-refractivity contribution < 1.29 is 9.47 Å². The first kappa shape index (κ1) is 16.3. The number of benzene rings is 1. The lowest BCUT2D eigenvalue weighted by atomic mass is 10.1. The highest BCUT2D eigenvalue weighted by molar-refractivity contribution is 6.35. The molecule has 0 aliphatic carbocycles. The number of aromatic nitrogens is 3. The van der Waals surface area contributed by atoms with Crippen LogP contribution in [-0.4, -0.2) is 28.8 Å². The summed E-state index contributed by atoms with van der Waals surface area (Å²) in [7, 11) is 3.16. The predicted molar refractivity (Wildman–Crippen MR) is 93.7 cm³/mol. The van der Waals surface area contributed by atoms with Crippen LogP contribution in [0.15, 0.2) is 49.1 Å². The SMILES string of the molecule is COc1ccc(-c2nccn2CCc2ccncc2)c(Cl)c1OC. The van der Waals surface area contributed by atoms with Crippen LogP contribution in [0, 0.1) is 0 Å². The number of nitrogens with zero attached hydrogens (tertiary/aromatic N) is 3. The quantitative estimate of drug-likeness (QED) is 0.682. The Hall–Kier alpha value is -2.53. The zero-order valence-electron chi connectivity index (χ0n) is 13.6. The lowest BCUT2D eigenvalue weighted by Crippen LogP contribution is -2.03. The molecule has 0 aliphatic rings. The van der Waals surface area contributed by atoms with Crippen molar-refractivity contribution in [2.75, 3.05) is 14.2 Å². The van der Waals surface area contributed by atoms with Gasteiger partial charge < -0.3 is 14.0 Å². The first-order valence-corrected chi connectivity index (χ1v) is 7.93. The molecule has 2 aromatic heterocycles. The van der Waals surface area contributed by atoms with Gasteiger partial charge >= 0.3 is 0 Å². The molecule has 0 unspecified atom stereocenters. The number of halogens is 1. The molecule has 0 aliphatic heterocycles. The molecule has 0 fully saturated rings. The van der Waals surface area contributed by atoms with E-state index >= 15 is 0 Å². The molecular formula is C18H18ClN3O2. The third kappa shape index (κ3) is 3.21. The second-order valence-electron chi connectivity index (χ2n) is 5.21. The topological polar surface area (TPSA) is 49.2 Å². The van der Waals surface area contributed by atoms with Crippen LogP contribution in [0.5, 0.6) is 11.5 Å². The van der Waals surface area contributed by atoms with E-state index in [0.717, 1.165) is 24.4 Å². The van der Waals surface area contributed by atoms with Gasteiger partial charge in [-0.1, -0.05) is 11.6 Å². The van der Waals surface area contributed by atoms with Gasteiger partial charge in [-0.25, -0.2) is 4.98 Å². The average Bonchev–Trinajstić information content (AvgIpc) is 3.08. The Labute approximate surface area is 145 Å². The van der Waals surface area contributed by atoms with E-state index in [1.54, 1.807) is 32.8 Å². The third-order valence-electron chi connectivity index (χ3n) is 3.83. The van der Waals surface area contributed by atoms with Gasteiger partial charge in [0.1, 0.15) is 5.82 Å². The van der Waals surface area contributed by atoms with Gasteiger partial charge in [-0.3, -0.25) is 4.98 Å². The van der Waals surface area contributed by atoms with Gasteiger partial charge in [0, 0.05) is 36.9 Å². The number of methoxy groups -OCH3 is 2. The van der Waals surface area contributed by atoms with Crippen molar-refractivity contribution in [2.45, 2.75) is 13.0 Å². The van der Waals surface area contributed by atoms with Crippen molar-refractivity contribution in [1.82, 2.24) is 14.5 Å². The second-order valence-corrected chi connectivity index (χ2v) is 5.59. The number of ether oxygens (including phenoxy) is 2. The smallest absolute Gasteiger partial charge is 0.180 e. The van der Waals surface area contributed by atoms with E-state index in [1.165, 1.54) is 5.56 Å². The summed E-state index contributed by atoms with van der Waals surface area (Å²) in [6, 6.07) is 7.76. The number of hydrogen-bond acceptors (Lipinski definition) is 4. The number of aryl methyl sites for hydroxylation is 2. The third-order valence-corrected chi connectivity index (χ3v) is 4.21. The Kier molecular flexibility index (Phi) is 5.01. The fourth-order valence-electron chi connectivity index (χ4n) is 2.59. The Bertz CT molecular complexity index is 818. The maximum absolute atomic E-state index is 6.51. The Balaban J connectivity index is 1.90. The molecule has 24 heavy (non-hydrogen) atoms. The van der Waals surface area contributed by atoms with Gasteiger partial charge in [-0.05, 0) is 36.2 Å². The lowest BCUT2D eigenvalue weighted by Gasteiger charge is -2.14. The molecule has 0 atom stereocenters. The molecule has 0 N–H and O–H groups in total. The summed E-state index contributed by atoms with van der Waals surface area (Å²) in [6.45, 7) is 0.796. The predicted octanol–water partition coefficient (Wildman–Crippen LogP) is 3.86. The first-order valence-electron chi connectivity index (χ1n) is 7.55. The summed E-state index contributed by atoms with van der Waals surface area (Å²) in [6.07, 6.45) is 8.21. The van der Waals surface area contributed by atoms with Gasteiger partial charge in [0.05, 0.1) is 19.2 Å². The summed E-state index contributed by atoms with van der Waals surface area (Å²) in [4.78, 5) is 8.50. The van der Waals surface area contributed by atoms with Crippen LogP contribution in [0.1, 0.15) is 5.56 Å². The van der Waals surface area contributed by atoms with Crippen LogP contribution in [-0.2, 0) is 13.0 Å². The monoisotopic (exact) mass is 343 g/mol. The maximum Gasteiger partial charge on any atom is 0.180 e. The number of imidazole rings is 1. The zero-order valence-corrected chi connectivity index (χ0v) is 14.3. The maximum atomic E-state index is 6.51. The van der Waals surface area contributed by atoms with Crippen LogP contribution in [0.2, 0.25) is 5.02 Å². The molecule has 0 radical (unpaired) electrons. The minimum Gasteiger partial charge on any atom is -0.493 e. The van der Waals surface area contributed by atoms with Gasteiger partial charge in [0.2, 0.25) is 0 Å². The molecule has 0 saturated carbocycles. The minimum atomic E-state index is 0.494. The van der Waals surface area contributed by atoms with E-state index in [2.05, 4.69) is 14.5 Å². The van der Waals surface area contributed by atoms with Crippen molar-refractivity contribution >= 4 is 11.6 Å². The average molecular weight is 344 g/mol. The molecule has 0 amide bonds. The largest absolute Gasteiger partial charge is 0.493 e. The van der Waals surface area contributed by atoms with Gasteiger partial charge in [0.15, 0.2) is 11.5 Å². The van der Waals surface area contributed by atoms with Gasteiger partial charge in [-0.2, -0.15) is 0 Å². The van der Waals surface area contributed by atoms with Gasteiger partial charge in [-0.15, -0.1) is 0 Å². The minimum absolute atomic E-state index is 0.494. The fraction of sp³-hybridized carbons (Fsp3) is 0.222. The molecule has 0 bridgehead atoms. The summed E-state index contributed by atoms with van der Waals surface area (Å²) < 4.78 is 12.7. The molecule has 3 aromatic rings. The highest BCUT2D eigenvalue weighted by Gasteiger charge is 2.17. The van der Waals surface area contributed by atoms with E-state index in [9.17, 15) is 0 Å². The molecule has 0 spiro atoms. The standard InChI is InChI=1S/C18H18ClN3O2/c1-23-15-4-3-14(16(19)17(15)24-2)18-21-10-12-22(18)11-7-13-5-8-20-9-6-13/h3-6,8-10,12H,7,11H2,1-2H3. The van der Waals surface area contributed by atoms with E-state index in [0.29, 0.717) is 16.5 Å². The Morgan fingerprint density at radius 3 is 2.54 bits per heavy atom. The van der Waals surface area contributed by atoms with Crippen LogP contribution in [0.25, 0.3) is 11.4 Å².